The zero-order valence-electron chi connectivity index (χ0n) is 9.09. The van der Waals surface area contributed by atoms with E-state index in [2.05, 4.69) is 16.7 Å². The molecule has 1 aromatic rings. The van der Waals surface area contributed by atoms with Crippen LogP contribution >= 0.6 is 11.8 Å². The van der Waals surface area contributed by atoms with Crippen molar-refractivity contribution >= 4 is 11.8 Å². The first-order chi connectivity index (χ1) is 7.33. The van der Waals surface area contributed by atoms with Crippen molar-refractivity contribution in [1.29, 1.82) is 0 Å². The largest absolute Gasteiger partial charge is 0.390 e. The smallest absolute Gasteiger partial charge is 0.0860 e. The second-order valence-corrected chi connectivity index (χ2v) is 4.42. The summed E-state index contributed by atoms with van der Waals surface area (Å²) in [5.74, 6) is 1.17. The lowest BCUT2D eigenvalue weighted by Gasteiger charge is -2.11. The van der Waals surface area contributed by atoms with Crippen molar-refractivity contribution in [3.05, 3.63) is 18.5 Å². The van der Waals surface area contributed by atoms with E-state index in [1.807, 2.05) is 24.0 Å². The predicted octanol–water partition coefficient (Wildman–Crippen LogP) is 0.587. The molecule has 15 heavy (non-hydrogen) atoms. The van der Waals surface area contributed by atoms with Crippen molar-refractivity contribution in [1.82, 2.24) is 15.1 Å². The van der Waals surface area contributed by atoms with Crippen molar-refractivity contribution in [3.8, 4) is 0 Å². The molecule has 0 aliphatic heterocycles. The molecule has 0 saturated carbocycles. The fourth-order valence-electron chi connectivity index (χ4n) is 1.30. The number of aliphatic hydroxyl groups is 1. The molecular weight excluding hydrogens is 210 g/mol. The van der Waals surface area contributed by atoms with Crippen LogP contribution in [0.4, 0.5) is 0 Å². The van der Waals surface area contributed by atoms with Gasteiger partial charge in [0.15, 0.2) is 0 Å². The number of aliphatic hydroxyl groups excluding tert-OH is 1. The molecule has 1 aromatic heterocycles. The Bertz CT molecular complexity index is 241. The summed E-state index contributed by atoms with van der Waals surface area (Å²) >= 11 is 1.85. The summed E-state index contributed by atoms with van der Waals surface area (Å²) < 4.78 is 1.74. The minimum absolute atomic E-state index is 0.362. The van der Waals surface area contributed by atoms with E-state index in [4.69, 9.17) is 0 Å². The average Bonchev–Trinajstić information content (AvgIpc) is 2.70. The van der Waals surface area contributed by atoms with Crippen LogP contribution in [-0.4, -0.2) is 46.1 Å². The van der Waals surface area contributed by atoms with Crippen LogP contribution < -0.4 is 5.32 Å². The molecule has 0 spiro atoms. The first-order valence-corrected chi connectivity index (χ1v) is 6.57. The Morgan fingerprint density at radius 3 is 3.13 bits per heavy atom. The monoisotopic (exact) mass is 229 g/mol. The quantitative estimate of drug-likeness (QED) is 0.641. The fourth-order valence-corrected chi connectivity index (χ4v) is 1.73. The Labute approximate surface area is 95.1 Å². The summed E-state index contributed by atoms with van der Waals surface area (Å²) in [5.41, 5.74) is 0. The van der Waals surface area contributed by atoms with E-state index in [1.165, 1.54) is 5.75 Å². The first-order valence-electron chi connectivity index (χ1n) is 5.18. The van der Waals surface area contributed by atoms with E-state index in [-0.39, 0.29) is 6.10 Å². The highest BCUT2D eigenvalue weighted by Crippen LogP contribution is 1.94. The SMILES string of the molecule is CSCCCNCC(O)Cn1cccn1. The third-order valence-corrected chi connectivity index (χ3v) is 2.74. The van der Waals surface area contributed by atoms with Gasteiger partial charge in [0.05, 0.1) is 12.6 Å². The Kier molecular flexibility index (Phi) is 6.47. The van der Waals surface area contributed by atoms with Gasteiger partial charge in [-0.3, -0.25) is 4.68 Å². The summed E-state index contributed by atoms with van der Waals surface area (Å²) in [7, 11) is 0. The second kappa shape index (κ2) is 7.73. The molecule has 1 heterocycles. The first kappa shape index (κ1) is 12.5. The summed E-state index contributed by atoms with van der Waals surface area (Å²) in [4.78, 5) is 0. The van der Waals surface area contributed by atoms with Gasteiger partial charge in [-0.2, -0.15) is 16.9 Å². The molecule has 1 atom stereocenters. The summed E-state index contributed by atoms with van der Waals surface area (Å²) in [6, 6.07) is 1.86. The minimum atomic E-state index is -0.362. The average molecular weight is 229 g/mol. The van der Waals surface area contributed by atoms with Gasteiger partial charge in [-0.1, -0.05) is 0 Å². The molecule has 0 fully saturated rings. The number of hydrogen-bond acceptors (Lipinski definition) is 4. The number of nitrogens with zero attached hydrogens (tertiary/aromatic N) is 2. The van der Waals surface area contributed by atoms with Gasteiger partial charge in [0.25, 0.3) is 0 Å². The lowest BCUT2D eigenvalue weighted by atomic mass is 10.3. The Hall–Kier alpha value is -0.520. The molecule has 1 rings (SSSR count). The van der Waals surface area contributed by atoms with Gasteiger partial charge in [-0.15, -0.1) is 0 Å². The number of nitrogens with one attached hydrogen (secondary N) is 1. The van der Waals surface area contributed by atoms with Crippen LogP contribution in [0, 0.1) is 0 Å². The van der Waals surface area contributed by atoms with E-state index < -0.39 is 0 Å². The third-order valence-electron chi connectivity index (χ3n) is 2.04. The molecule has 4 nitrogen and oxygen atoms in total. The Morgan fingerprint density at radius 1 is 1.60 bits per heavy atom. The maximum Gasteiger partial charge on any atom is 0.0860 e. The van der Waals surface area contributed by atoms with Crippen molar-refractivity contribution in [2.45, 2.75) is 19.1 Å². The van der Waals surface area contributed by atoms with Crippen molar-refractivity contribution < 1.29 is 5.11 Å². The molecule has 1 unspecified atom stereocenters. The molecule has 0 radical (unpaired) electrons. The van der Waals surface area contributed by atoms with Gasteiger partial charge in [0, 0.05) is 18.9 Å². The second-order valence-electron chi connectivity index (χ2n) is 3.43. The van der Waals surface area contributed by atoms with Crippen molar-refractivity contribution in [2.24, 2.45) is 0 Å². The highest BCUT2D eigenvalue weighted by Gasteiger charge is 2.03. The zero-order chi connectivity index (χ0) is 10.9. The van der Waals surface area contributed by atoms with Crippen LogP contribution in [0.1, 0.15) is 6.42 Å². The number of rotatable bonds is 8. The topological polar surface area (TPSA) is 50.1 Å². The van der Waals surface area contributed by atoms with E-state index in [1.54, 1.807) is 10.9 Å². The molecule has 0 amide bonds. The highest BCUT2D eigenvalue weighted by molar-refractivity contribution is 7.98. The molecule has 86 valence electrons. The van der Waals surface area contributed by atoms with Gasteiger partial charge in [-0.05, 0) is 31.0 Å². The van der Waals surface area contributed by atoms with Crippen molar-refractivity contribution in [2.75, 3.05) is 25.1 Å². The Balaban J connectivity index is 2.01. The van der Waals surface area contributed by atoms with Crippen LogP contribution in [0.5, 0.6) is 0 Å². The zero-order valence-corrected chi connectivity index (χ0v) is 9.91. The fraction of sp³-hybridized carbons (Fsp3) is 0.700. The summed E-state index contributed by atoms with van der Waals surface area (Å²) in [6.07, 6.45) is 6.47. The number of thioether (sulfide) groups is 1. The third kappa shape index (κ3) is 5.81. The molecule has 0 aliphatic rings. The molecule has 0 bridgehead atoms. The standard InChI is InChI=1S/C10H19N3OS/c1-15-7-3-4-11-8-10(14)9-13-6-2-5-12-13/h2,5-6,10-11,14H,3-4,7-9H2,1H3. The maximum absolute atomic E-state index is 9.65. The molecule has 5 heteroatoms. The lowest BCUT2D eigenvalue weighted by molar-refractivity contribution is 0.147. The van der Waals surface area contributed by atoms with E-state index in [9.17, 15) is 5.11 Å². The molecular formula is C10H19N3OS. The minimum Gasteiger partial charge on any atom is -0.390 e. The molecule has 2 N–H and O–H groups in total. The van der Waals surface area contributed by atoms with E-state index in [0.717, 1.165) is 13.0 Å². The van der Waals surface area contributed by atoms with Gasteiger partial charge in [0.2, 0.25) is 0 Å². The van der Waals surface area contributed by atoms with Crippen LogP contribution in [-0.2, 0) is 6.54 Å². The van der Waals surface area contributed by atoms with Crippen LogP contribution in [0.2, 0.25) is 0 Å². The lowest BCUT2D eigenvalue weighted by Crippen LogP contribution is -2.31. The highest BCUT2D eigenvalue weighted by atomic mass is 32.2. The number of aromatic nitrogens is 2. The van der Waals surface area contributed by atoms with Gasteiger partial charge < -0.3 is 10.4 Å². The van der Waals surface area contributed by atoms with Crippen molar-refractivity contribution in [3.63, 3.8) is 0 Å². The van der Waals surface area contributed by atoms with Gasteiger partial charge >= 0.3 is 0 Å². The van der Waals surface area contributed by atoms with Crippen LogP contribution in [0.15, 0.2) is 18.5 Å². The predicted molar refractivity (Wildman–Crippen MR) is 64.1 cm³/mol. The van der Waals surface area contributed by atoms with Crippen LogP contribution in [0.25, 0.3) is 0 Å². The summed E-state index contributed by atoms with van der Waals surface area (Å²) in [5, 5.41) is 16.9. The Morgan fingerprint density at radius 2 is 2.47 bits per heavy atom. The maximum atomic E-state index is 9.65. The molecule has 0 aromatic carbocycles. The molecule has 0 aliphatic carbocycles. The van der Waals surface area contributed by atoms with Gasteiger partial charge in [0.1, 0.15) is 0 Å². The van der Waals surface area contributed by atoms with E-state index in [0.29, 0.717) is 13.1 Å². The van der Waals surface area contributed by atoms with Crippen LogP contribution in [0.3, 0.4) is 0 Å². The normalized spacial score (nSPS) is 12.9. The summed E-state index contributed by atoms with van der Waals surface area (Å²) in [6.45, 7) is 2.16. The molecule has 0 saturated heterocycles. The van der Waals surface area contributed by atoms with E-state index >= 15 is 0 Å². The van der Waals surface area contributed by atoms with Gasteiger partial charge in [-0.25, -0.2) is 0 Å². The number of hydrogen-bond donors (Lipinski definition) is 2.